The minimum atomic E-state index is -5.05. The minimum Gasteiger partial charge on any atom is -0.386 e. The number of hydrogen-bond acceptors (Lipinski definition) is 2. The number of amidine groups is 1. The van der Waals surface area contributed by atoms with Gasteiger partial charge in [0, 0.05) is 28.2 Å². The van der Waals surface area contributed by atoms with Gasteiger partial charge >= 0.3 is 12.4 Å². The Morgan fingerprint density at radius 3 is 2.18 bits per heavy atom. The van der Waals surface area contributed by atoms with Crippen molar-refractivity contribution in [1.29, 1.82) is 5.26 Å². The molecule has 0 unspecified atom stereocenters. The third kappa shape index (κ3) is 5.33. The summed E-state index contributed by atoms with van der Waals surface area (Å²) in [6.07, 6.45) is -11.5. The summed E-state index contributed by atoms with van der Waals surface area (Å²) in [7, 11) is 0. The number of aromatic nitrogens is 1. The van der Waals surface area contributed by atoms with Crippen LogP contribution in [-0.4, -0.2) is 22.5 Å². The van der Waals surface area contributed by atoms with Crippen LogP contribution in [0.2, 0.25) is 0 Å². The Labute approximate surface area is 185 Å². The lowest BCUT2D eigenvalue weighted by molar-refractivity contribution is -0.136. The van der Waals surface area contributed by atoms with E-state index in [0.29, 0.717) is 24.3 Å². The number of alkyl halides is 6. The highest BCUT2D eigenvalue weighted by Crippen LogP contribution is 2.39. The van der Waals surface area contributed by atoms with E-state index in [1.54, 1.807) is 0 Å². The van der Waals surface area contributed by atoms with E-state index in [2.05, 4.69) is 4.99 Å². The fraction of sp³-hybridized carbons (Fsp3) is 0.190. The fourth-order valence-electron chi connectivity index (χ4n) is 3.40. The number of carbonyl (C=O) groups excluding carboxylic acids is 1. The molecule has 0 radical (unpaired) electrons. The Balaban J connectivity index is 2.13. The number of nitrogens with two attached hydrogens (primary N) is 1. The van der Waals surface area contributed by atoms with Gasteiger partial charge < -0.3 is 10.3 Å². The number of halogens is 8. The van der Waals surface area contributed by atoms with E-state index in [-0.39, 0.29) is 5.52 Å². The Hall–Kier alpha value is -3.95. The molecule has 3 aromatic rings. The second kappa shape index (κ2) is 8.77. The molecule has 0 atom stereocenters. The summed E-state index contributed by atoms with van der Waals surface area (Å²) in [5.74, 6) is -4.02. The van der Waals surface area contributed by atoms with Gasteiger partial charge in [0.1, 0.15) is 17.5 Å². The van der Waals surface area contributed by atoms with Crippen LogP contribution < -0.4 is 5.73 Å². The Morgan fingerprint density at radius 1 is 1.03 bits per heavy atom. The van der Waals surface area contributed by atoms with E-state index in [1.807, 2.05) is 0 Å². The number of hydrogen-bond donors (Lipinski definition) is 1. The van der Waals surface area contributed by atoms with Crippen LogP contribution in [0.4, 0.5) is 35.1 Å². The third-order valence-electron chi connectivity index (χ3n) is 4.63. The predicted molar refractivity (Wildman–Crippen MR) is 104 cm³/mol. The van der Waals surface area contributed by atoms with Gasteiger partial charge in [0.25, 0.3) is 5.91 Å². The van der Waals surface area contributed by atoms with E-state index in [1.165, 1.54) is 6.07 Å². The van der Waals surface area contributed by atoms with E-state index < -0.39 is 76.5 Å². The molecule has 13 heteroatoms. The number of rotatable bonds is 4. The smallest absolute Gasteiger partial charge is 0.386 e. The van der Waals surface area contributed by atoms with Gasteiger partial charge in [0.2, 0.25) is 0 Å². The predicted octanol–water partition coefficient (Wildman–Crippen LogP) is 5.11. The first-order chi connectivity index (χ1) is 15.7. The maximum atomic E-state index is 13.6. The highest BCUT2D eigenvalue weighted by atomic mass is 19.4. The van der Waals surface area contributed by atoms with Crippen LogP contribution in [0, 0.1) is 23.0 Å². The first-order valence-electron chi connectivity index (χ1n) is 9.22. The topological polar surface area (TPSA) is 84.2 Å². The molecule has 2 N–H and O–H groups in total. The lowest BCUT2D eigenvalue weighted by Crippen LogP contribution is -2.24. The molecule has 1 heterocycles. The number of benzene rings is 2. The molecule has 5 nitrogen and oxygen atoms in total. The molecule has 0 saturated heterocycles. The molecule has 0 saturated carbocycles. The van der Waals surface area contributed by atoms with Crippen molar-refractivity contribution in [2.45, 2.75) is 25.3 Å². The molecule has 0 bridgehead atoms. The van der Waals surface area contributed by atoms with Crippen LogP contribution in [-0.2, 0) is 19.1 Å². The zero-order valence-corrected chi connectivity index (χ0v) is 16.7. The second-order valence-corrected chi connectivity index (χ2v) is 7.11. The van der Waals surface area contributed by atoms with Gasteiger partial charge in [0.05, 0.1) is 30.2 Å². The van der Waals surface area contributed by atoms with Crippen molar-refractivity contribution >= 4 is 22.6 Å². The van der Waals surface area contributed by atoms with Crippen LogP contribution in [0.25, 0.3) is 10.9 Å². The maximum absolute atomic E-state index is 13.6. The summed E-state index contributed by atoms with van der Waals surface area (Å²) >= 11 is 0. The van der Waals surface area contributed by atoms with Crippen molar-refractivity contribution in [1.82, 2.24) is 4.57 Å². The third-order valence-corrected chi connectivity index (χ3v) is 4.63. The van der Waals surface area contributed by atoms with Gasteiger partial charge in [-0.15, -0.1) is 0 Å². The standard InChI is InChI=1S/C21H12F8N4O/c22-12-3-11(4-13(23)5-12)19(34)32-17(31)9-33-14(7-20(24,25)26)6-15-16(33)2-1-10(8-30)18(15)21(27,28)29/h1-6H,7,9H2,(H2,31,32,34). The summed E-state index contributed by atoms with van der Waals surface area (Å²) < 4.78 is 107. The summed E-state index contributed by atoms with van der Waals surface area (Å²) in [4.78, 5) is 15.6. The molecule has 3 rings (SSSR count). The molecule has 1 amide bonds. The normalized spacial score (nSPS) is 12.7. The zero-order valence-electron chi connectivity index (χ0n) is 16.7. The van der Waals surface area contributed by atoms with Crippen LogP contribution in [0.15, 0.2) is 41.4 Å². The van der Waals surface area contributed by atoms with E-state index in [9.17, 15) is 39.9 Å². The van der Waals surface area contributed by atoms with Gasteiger partial charge in [0.15, 0.2) is 0 Å². The van der Waals surface area contributed by atoms with Crippen molar-refractivity contribution in [2.24, 2.45) is 10.7 Å². The summed E-state index contributed by atoms with van der Waals surface area (Å²) in [6.45, 7) is -0.748. The number of nitrogens with zero attached hydrogens (tertiary/aromatic N) is 3. The molecule has 0 fully saturated rings. The minimum absolute atomic E-state index is 0.340. The molecule has 178 valence electrons. The van der Waals surface area contributed by atoms with Gasteiger partial charge in [-0.2, -0.15) is 36.6 Å². The quantitative estimate of drug-likeness (QED) is 0.315. The summed E-state index contributed by atoms with van der Waals surface area (Å²) in [6, 6.07) is 5.62. The molecule has 0 aliphatic heterocycles. The molecule has 0 aliphatic carbocycles. The monoisotopic (exact) mass is 488 g/mol. The highest BCUT2D eigenvalue weighted by Gasteiger charge is 2.38. The van der Waals surface area contributed by atoms with Crippen molar-refractivity contribution in [3.8, 4) is 6.07 Å². The number of carbonyl (C=O) groups is 1. The van der Waals surface area contributed by atoms with Crippen LogP contribution in [0.3, 0.4) is 0 Å². The Bertz CT molecular complexity index is 1330. The Kier molecular flexibility index (Phi) is 6.37. The number of fused-ring (bicyclic) bond motifs is 1. The molecule has 34 heavy (non-hydrogen) atoms. The first-order valence-corrected chi connectivity index (χ1v) is 9.22. The van der Waals surface area contributed by atoms with Gasteiger partial charge in [-0.1, -0.05) is 0 Å². The van der Waals surface area contributed by atoms with Crippen molar-refractivity contribution in [3.05, 3.63) is 70.4 Å². The molecular formula is C21H12F8N4O. The largest absolute Gasteiger partial charge is 0.418 e. The lowest BCUT2D eigenvalue weighted by Gasteiger charge is -2.13. The molecule has 0 aliphatic rings. The van der Waals surface area contributed by atoms with E-state index in [0.717, 1.165) is 16.7 Å². The van der Waals surface area contributed by atoms with E-state index in [4.69, 9.17) is 11.0 Å². The van der Waals surface area contributed by atoms with Crippen LogP contribution in [0.1, 0.15) is 27.2 Å². The average Bonchev–Trinajstić information content (AvgIpc) is 3.00. The van der Waals surface area contributed by atoms with Crippen LogP contribution >= 0.6 is 0 Å². The molecule has 0 spiro atoms. The zero-order chi connectivity index (χ0) is 25.4. The van der Waals surface area contributed by atoms with Gasteiger partial charge in [-0.3, -0.25) is 4.79 Å². The number of aliphatic imine (C=N–C) groups is 1. The molecule has 2 aromatic carbocycles. The highest BCUT2D eigenvalue weighted by molar-refractivity contribution is 6.03. The summed E-state index contributed by atoms with van der Waals surface area (Å²) in [5, 5.41) is 8.36. The average molecular weight is 488 g/mol. The lowest BCUT2D eigenvalue weighted by atomic mass is 10.0. The molecular weight excluding hydrogens is 476 g/mol. The van der Waals surface area contributed by atoms with E-state index >= 15 is 0 Å². The first kappa shape index (κ1) is 24.7. The number of nitriles is 1. The summed E-state index contributed by atoms with van der Waals surface area (Å²) in [5.41, 5.74) is 1.93. The fourth-order valence-corrected chi connectivity index (χ4v) is 3.40. The van der Waals surface area contributed by atoms with Crippen molar-refractivity contribution < 1.29 is 39.9 Å². The van der Waals surface area contributed by atoms with Gasteiger partial charge in [-0.05, 0) is 30.3 Å². The molecule has 1 aromatic heterocycles. The SMILES string of the molecule is N#Cc1ccc2c(cc(CC(F)(F)F)n2CC(N)=NC(=O)c2cc(F)cc(F)c2)c1C(F)(F)F. The van der Waals surface area contributed by atoms with Crippen molar-refractivity contribution in [3.63, 3.8) is 0 Å². The number of amides is 1. The van der Waals surface area contributed by atoms with Crippen LogP contribution in [0.5, 0.6) is 0 Å². The second-order valence-electron chi connectivity index (χ2n) is 7.11. The van der Waals surface area contributed by atoms with Gasteiger partial charge in [-0.25, -0.2) is 8.78 Å². The maximum Gasteiger partial charge on any atom is 0.418 e. The van der Waals surface area contributed by atoms with Crippen molar-refractivity contribution in [2.75, 3.05) is 0 Å². The Morgan fingerprint density at radius 2 is 1.65 bits per heavy atom.